The number of benzene rings is 2. The summed E-state index contributed by atoms with van der Waals surface area (Å²) >= 11 is 0. The van der Waals surface area contributed by atoms with Gasteiger partial charge in [-0.05, 0) is 47.5 Å². The van der Waals surface area contributed by atoms with Crippen LogP contribution in [0.2, 0.25) is 0 Å². The first-order valence-electron chi connectivity index (χ1n) is 8.27. The number of amides is 1. The van der Waals surface area contributed by atoms with E-state index in [0.29, 0.717) is 17.9 Å². The van der Waals surface area contributed by atoms with Crippen molar-refractivity contribution in [1.82, 2.24) is 4.98 Å². The molecule has 1 heterocycles. The summed E-state index contributed by atoms with van der Waals surface area (Å²) in [6.07, 6.45) is 6.85. The molecule has 3 rings (SSSR count). The molecule has 2 aromatic carbocycles. The molecule has 0 unspecified atom stereocenters. The molecule has 5 heteroatoms. The Morgan fingerprint density at radius 1 is 1.04 bits per heavy atom. The van der Waals surface area contributed by atoms with Crippen LogP contribution < -0.4 is 16.4 Å². The molecule has 3 aromatic rings. The fourth-order valence-electron chi connectivity index (χ4n) is 2.38. The van der Waals surface area contributed by atoms with Crippen LogP contribution >= 0.6 is 0 Å². The molecule has 0 bridgehead atoms. The van der Waals surface area contributed by atoms with Crippen LogP contribution in [0.15, 0.2) is 79.1 Å². The maximum atomic E-state index is 12.0. The van der Waals surface area contributed by atoms with Gasteiger partial charge in [0.25, 0.3) is 0 Å². The van der Waals surface area contributed by atoms with Gasteiger partial charge in [0.05, 0.1) is 11.4 Å². The quantitative estimate of drug-likeness (QED) is 0.467. The number of carbonyl (C=O) groups excluding carboxylic acids is 1. The summed E-state index contributed by atoms with van der Waals surface area (Å²) < 4.78 is 0. The van der Waals surface area contributed by atoms with Crippen molar-refractivity contribution in [3.05, 3.63) is 90.3 Å². The molecule has 0 saturated carbocycles. The summed E-state index contributed by atoms with van der Waals surface area (Å²) in [7, 11) is 0. The number of rotatable bonds is 6. The lowest BCUT2D eigenvalue weighted by Crippen LogP contribution is -2.09. The van der Waals surface area contributed by atoms with Crippen molar-refractivity contribution in [1.29, 1.82) is 0 Å². The van der Waals surface area contributed by atoms with Crippen LogP contribution in [0.25, 0.3) is 6.08 Å². The first-order chi connectivity index (χ1) is 12.7. The maximum absolute atomic E-state index is 12.0. The predicted molar refractivity (Wildman–Crippen MR) is 107 cm³/mol. The number of pyridine rings is 1. The van der Waals surface area contributed by atoms with E-state index in [1.165, 1.54) is 6.08 Å². The van der Waals surface area contributed by atoms with E-state index in [1.54, 1.807) is 24.4 Å². The van der Waals surface area contributed by atoms with Gasteiger partial charge in [-0.2, -0.15) is 0 Å². The van der Waals surface area contributed by atoms with Crippen LogP contribution in [0.1, 0.15) is 11.1 Å². The van der Waals surface area contributed by atoms with Gasteiger partial charge in [0.1, 0.15) is 0 Å². The highest BCUT2D eigenvalue weighted by atomic mass is 16.1. The monoisotopic (exact) mass is 344 g/mol. The fourth-order valence-corrected chi connectivity index (χ4v) is 2.38. The van der Waals surface area contributed by atoms with Gasteiger partial charge >= 0.3 is 0 Å². The third kappa shape index (κ3) is 4.95. The lowest BCUT2D eigenvalue weighted by atomic mass is 10.2. The van der Waals surface area contributed by atoms with Gasteiger partial charge in [-0.1, -0.05) is 30.3 Å². The van der Waals surface area contributed by atoms with Crippen LogP contribution in [0.3, 0.4) is 0 Å². The van der Waals surface area contributed by atoms with Crippen LogP contribution in [0.5, 0.6) is 0 Å². The second-order valence-electron chi connectivity index (χ2n) is 5.75. The van der Waals surface area contributed by atoms with Gasteiger partial charge < -0.3 is 16.4 Å². The Balaban J connectivity index is 1.54. The average molecular weight is 344 g/mol. The molecule has 130 valence electrons. The van der Waals surface area contributed by atoms with Crippen molar-refractivity contribution >= 4 is 29.0 Å². The number of para-hydroxylation sites is 2. The van der Waals surface area contributed by atoms with Gasteiger partial charge in [-0.3, -0.25) is 9.78 Å². The molecular formula is C21H20N4O. The zero-order chi connectivity index (χ0) is 18.2. The van der Waals surface area contributed by atoms with Crippen molar-refractivity contribution in [2.24, 2.45) is 0 Å². The number of nitrogens with zero attached hydrogens (tertiary/aromatic N) is 1. The van der Waals surface area contributed by atoms with E-state index in [2.05, 4.69) is 15.6 Å². The minimum absolute atomic E-state index is 0.221. The molecule has 0 radical (unpaired) electrons. The number of nitrogens with one attached hydrogen (secondary N) is 2. The number of hydrogen-bond acceptors (Lipinski definition) is 4. The van der Waals surface area contributed by atoms with Crippen molar-refractivity contribution in [2.45, 2.75) is 6.54 Å². The highest BCUT2D eigenvalue weighted by molar-refractivity contribution is 6.03. The summed E-state index contributed by atoms with van der Waals surface area (Å²) in [5.74, 6) is -0.221. The molecule has 1 amide bonds. The molecule has 5 nitrogen and oxygen atoms in total. The Labute approximate surface area is 152 Å². The van der Waals surface area contributed by atoms with Crippen LogP contribution in [0, 0.1) is 0 Å². The molecule has 0 aliphatic rings. The van der Waals surface area contributed by atoms with E-state index in [1.807, 2.05) is 54.7 Å². The summed E-state index contributed by atoms with van der Waals surface area (Å²) in [4.78, 5) is 16.1. The molecule has 0 atom stereocenters. The van der Waals surface area contributed by atoms with Gasteiger partial charge in [-0.25, -0.2) is 0 Å². The molecule has 26 heavy (non-hydrogen) atoms. The lowest BCUT2D eigenvalue weighted by molar-refractivity contribution is -0.111. The lowest BCUT2D eigenvalue weighted by Gasteiger charge is -2.06. The molecular weight excluding hydrogens is 324 g/mol. The minimum Gasteiger partial charge on any atom is -0.397 e. The van der Waals surface area contributed by atoms with Gasteiger partial charge in [0.15, 0.2) is 0 Å². The second-order valence-corrected chi connectivity index (χ2v) is 5.75. The highest BCUT2D eigenvalue weighted by Gasteiger charge is 2.01. The van der Waals surface area contributed by atoms with E-state index in [9.17, 15) is 4.79 Å². The third-order valence-corrected chi connectivity index (χ3v) is 3.78. The van der Waals surface area contributed by atoms with E-state index < -0.39 is 0 Å². The molecule has 1 aromatic heterocycles. The number of carbonyl (C=O) groups is 1. The van der Waals surface area contributed by atoms with Crippen molar-refractivity contribution in [3.63, 3.8) is 0 Å². The molecule has 0 spiro atoms. The SMILES string of the molecule is Nc1ccccc1NC(=O)/C=C/c1ccc(NCc2cccnc2)cc1. The smallest absolute Gasteiger partial charge is 0.248 e. The third-order valence-electron chi connectivity index (χ3n) is 3.78. The first-order valence-corrected chi connectivity index (χ1v) is 8.27. The number of aromatic nitrogens is 1. The van der Waals surface area contributed by atoms with E-state index in [4.69, 9.17) is 5.73 Å². The zero-order valence-electron chi connectivity index (χ0n) is 14.2. The minimum atomic E-state index is -0.221. The van der Waals surface area contributed by atoms with Crippen LogP contribution in [-0.2, 0) is 11.3 Å². The number of nitrogens with two attached hydrogens (primary N) is 1. The van der Waals surface area contributed by atoms with E-state index >= 15 is 0 Å². The standard InChI is InChI=1S/C21H20N4O/c22-19-5-1-2-6-20(19)25-21(26)12-9-16-7-10-18(11-8-16)24-15-17-4-3-13-23-14-17/h1-14,24H,15,22H2,(H,25,26)/b12-9+. The Kier molecular flexibility index (Phi) is 5.62. The van der Waals surface area contributed by atoms with E-state index in [0.717, 1.165) is 16.8 Å². The number of anilines is 3. The molecule has 0 aliphatic heterocycles. The van der Waals surface area contributed by atoms with Crippen LogP contribution in [0.4, 0.5) is 17.1 Å². The summed E-state index contributed by atoms with van der Waals surface area (Å²) in [6, 6.07) is 19.0. The molecule has 0 fully saturated rings. The Hall–Kier alpha value is -3.60. The molecule has 4 N–H and O–H groups in total. The van der Waals surface area contributed by atoms with Crippen molar-refractivity contribution in [2.75, 3.05) is 16.4 Å². The average Bonchev–Trinajstić information content (AvgIpc) is 2.68. The van der Waals surface area contributed by atoms with E-state index in [-0.39, 0.29) is 5.91 Å². The Bertz CT molecular complexity index is 889. The Morgan fingerprint density at radius 2 is 1.85 bits per heavy atom. The number of nitrogen functional groups attached to an aromatic ring is 1. The van der Waals surface area contributed by atoms with Crippen molar-refractivity contribution in [3.8, 4) is 0 Å². The normalized spacial score (nSPS) is 10.6. The van der Waals surface area contributed by atoms with Crippen molar-refractivity contribution < 1.29 is 4.79 Å². The Morgan fingerprint density at radius 3 is 2.58 bits per heavy atom. The van der Waals surface area contributed by atoms with Crippen LogP contribution in [-0.4, -0.2) is 10.9 Å². The zero-order valence-corrected chi connectivity index (χ0v) is 14.2. The summed E-state index contributed by atoms with van der Waals surface area (Å²) in [5.41, 5.74) is 10.0. The molecule has 0 saturated heterocycles. The van der Waals surface area contributed by atoms with Gasteiger partial charge in [0, 0.05) is 30.7 Å². The largest absolute Gasteiger partial charge is 0.397 e. The number of hydrogen-bond donors (Lipinski definition) is 3. The fraction of sp³-hybridized carbons (Fsp3) is 0.0476. The van der Waals surface area contributed by atoms with Gasteiger partial charge in [-0.15, -0.1) is 0 Å². The van der Waals surface area contributed by atoms with Gasteiger partial charge in [0.2, 0.25) is 5.91 Å². The first kappa shape index (κ1) is 17.2. The summed E-state index contributed by atoms with van der Waals surface area (Å²) in [6.45, 7) is 0.712. The maximum Gasteiger partial charge on any atom is 0.248 e. The molecule has 0 aliphatic carbocycles. The predicted octanol–water partition coefficient (Wildman–Crippen LogP) is 3.93. The second kappa shape index (κ2) is 8.48. The highest BCUT2D eigenvalue weighted by Crippen LogP contribution is 2.17. The summed E-state index contributed by atoms with van der Waals surface area (Å²) in [5, 5.41) is 6.10. The topological polar surface area (TPSA) is 80.0 Å².